The predicted octanol–water partition coefficient (Wildman–Crippen LogP) is 2.11. The van der Waals surface area contributed by atoms with E-state index in [1.807, 2.05) is 6.08 Å². The third-order valence-corrected chi connectivity index (χ3v) is 2.54. The Morgan fingerprint density at radius 2 is 2.47 bits per heavy atom. The highest BCUT2D eigenvalue weighted by Crippen LogP contribution is 2.32. The van der Waals surface area contributed by atoms with Crippen molar-refractivity contribution in [3.05, 3.63) is 36.7 Å². The largest absolute Gasteiger partial charge is 0.363 e. The van der Waals surface area contributed by atoms with Crippen LogP contribution in [-0.2, 0) is 0 Å². The van der Waals surface area contributed by atoms with Crippen LogP contribution in [0.5, 0.6) is 0 Å². The zero-order valence-corrected chi connectivity index (χ0v) is 8.56. The standard InChI is InChI=1S/C12H13N3/c1-2-7-15(11-3-4-11)12-9-14-6-5-10(12)8-13/h2,5-6,9,11H,1,3-4,7H2. The molecule has 0 saturated heterocycles. The summed E-state index contributed by atoms with van der Waals surface area (Å²) in [5, 5.41) is 9.01. The number of hydrogen-bond acceptors (Lipinski definition) is 3. The quantitative estimate of drug-likeness (QED) is 0.697. The second kappa shape index (κ2) is 4.14. The highest BCUT2D eigenvalue weighted by molar-refractivity contribution is 5.59. The molecule has 0 aliphatic heterocycles. The van der Waals surface area contributed by atoms with Crippen LogP contribution in [-0.4, -0.2) is 17.6 Å². The molecule has 0 amide bonds. The molecular weight excluding hydrogens is 186 g/mol. The maximum absolute atomic E-state index is 9.01. The van der Waals surface area contributed by atoms with Crippen LogP contribution in [0, 0.1) is 11.3 Å². The van der Waals surface area contributed by atoms with Crippen molar-refractivity contribution < 1.29 is 0 Å². The van der Waals surface area contributed by atoms with Crippen LogP contribution in [0.25, 0.3) is 0 Å². The maximum Gasteiger partial charge on any atom is 0.101 e. The van der Waals surface area contributed by atoms with E-state index in [4.69, 9.17) is 5.26 Å². The normalized spacial score (nSPS) is 14.3. The van der Waals surface area contributed by atoms with E-state index in [9.17, 15) is 0 Å². The molecule has 1 aromatic heterocycles. The Kier molecular flexibility index (Phi) is 2.68. The number of hydrogen-bond donors (Lipinski definition) is 0. The molecule has 0 unspecified atom stereocenters. The van der Waals surface area contributed by atoms with E-state index in [0.717, 1.165) is 12.2 Å². The van der Waals surface area contributed by atoms with Gasteiger partial charge in [-0.05, 0) is 18.9 Å². The van der Waals surface area contributed by atoms with E-state index in [1.54, 1.807) is 18.5 Å². The van der Waals surface area contributed by atoms with Gasteiger partial charge in [0.15, 0.2) is 0 Å². The molecule has 0 spiro atoms. The Morgan fingerprint density at radius 3 is 3.07 bits per heavy atom. The molecule has 0 bridgehead atoms. The van der Waals surface area contributed by atoms with Gasteiger partial charge in [-0.25, -0.2) is 0 Å². The summed E-state index contributed by atoms with van der Waals surface area (Å²) in [4.78, 5) is 6.29. The average Bonchev–Trinajstić information content (AvgIpc) is 3.10. The lowest BCUT2D eigenvalue weighted by Crippen LogP contribution is -2.26. The van der Waals surface area contributed by atoms with E-state index in [0.29, 0.717) is 11.6 Å². The van der Waals surface area contributed by atoms with Crippen molar-refractivity contribution in [3.63, 3.8) is 0 Å². The first kappa shape index (κ1) is 9.72. The fourth-order valence-corrected chi connectivity index (χ4v) is 1.68. The Hall–Kier alpha value is -1.82. The van der Waals surface area contributed by atoms with Crippen molar-refractivity contribution in [2.45, 2.75) is 18.9 Å². The van der Waals surface area contributed by atoms with Gasteiger partial charge in [-0.15, -0.1) is 6.58 Å². The summed E-state index contributed by atoms with van der Waals surface area (Å²) in [7, 11) is 0. The fraction of sp³-hybridized carbons (Fsp3) is 0.333. The highest BCUT2D eigenvalue weighted by atomic mass is 15.2. The van der Waals surface area contributed by atoms with Crippen LogP contribution in [0.4, 0.5) is 5.69 Å². The molecule has 0 aromatic carbocycles. The first-order valence-electron chi connectivity index (χ1n) is 5.08. The molecule has 3 nitrogen and oxygen atoms in total. The second-order valence-corrected chi connectivity index (χ2v) is 3.68. The number of nitriles is 1. The zero-order chi connectivity index (χ0) is 10.7. The molecule has 0 atom stereocenters. The van der Waals surface area contributed by atoms with Crippen molar-refractivity contribution in [3.8, 4) is 6.07 Å². The highest BCUT2D eigenvalue weighted by Gasteiger charge is 2.29. The van der Waals surface area contributed by atoms with Crippen molar-refractivity contribution >= 4 is 5.69 Å². The molecule has 76 valence electrons. The molecule has 1 saturated carbocycles. The molecule has 1 fully saturated rings. The Labute approximate surface area is 89.7 Å². The number of nitrogens with zero attached hydrogens (tertiary/aromatic N) is 3. The fourth-order valence-electron chi connectivity index (χ4n) is 1.68. The van der Waals surface area contributed by atoms with E-state index in [-0.39, 0.29) is 0 Å². The van der Waals surface area contributed by atoms with Crippen molar-refractivity contribution in [2.24, 2.45) is 0 Å². The van der Waals surface area contributed by atoms with Crippen LogP contribution in [0.2, 0.25) is 0 Å². The first-order valence-corrected chi connectivity index (χ1v) is 5.08. The molecule has 0 N–H and O–H groups in total. The van der Waals surface area contributed by atoms with Crippen molar-refractivity contribution in [1.82, 2.24) is 4.98 Å². The van der Waals surface area contributed by atoms with Crippen molar-refractivity contribution in [2.75, 3.05) is 11.4 Å². The van der Waals surface area contributed by atoms with E-state index >= 15 is 0 Å². The van der Waals surface area contributed by atoms with Gasteiger partial charge in [-0.3, -0.25) is 4.98 Å². The topological polar surface area (TPSA) is 39.9 Å². The lowest BCUT2D eigenvalue weighted by molar-refractivity contribution is 0.856. The maximum atomic E-state index is 9.01. The number of aromatic nitrogens is 1. The minimum Gasteiger partial charge on any atom is -0.363 e. The summed E-state index contributed by atoms with van der Waals surface area (Å²) in [5.74, 6) is 0. The third kappa shape index (κ3) is 1.99. The van der Waals surface area contributed by atoms with Gasteiger partial charge in [-0.1, -0.05) is 6.08 Å². The molecule has 2 rings (SSSR count). The Balaban J connectivity index is 2.32. The summed E-state index contributed by atoms with van der Waals surface area (Å²) in [6, 6.07) is 4.53. The monoisotopic (exact) mass is 199 g/mol. The third-order valence-electron chi connectivity index (χ3n) is 2.54. The molecule has 0 radical (unpaired) electrons. The predicted molar refractivity (Wildman–Crippen MR) is 59.5 cm³/mol. The second-order valence-electron chi connectivity index (χ2n) is 3.68. The van der Waals surface area contributed by atoms with E-state index in [2.05, 4.69) is 22.5 Å². The summed E-state index contributed by atoms with van der Waals surface area (Å²) < 4.78 is 0. The minimum atomic E-state index is 0.569. The van der Waals surface area contributed by atoms with Gasteiger partial charge in [-0.2, -0.15) is 5.26 Å². The lowest BCUT2D eigenvalue weighted by Gasteiger charge is -2.23. The molecule has 1 aliphatic carbocycles. The van der Waals surface area contributed by atoms with Crippen LogP contribution in [0.15, 0.2) is 31.1 Å². The van der Waals surface area contributed by atoms with E-state index in [1.165, 1.54) is 12.8 Å². The smallest absolute Gasteiger partial charge is 0.101 e. The van der Waals surface area contributed by atoms with Gasteiger partial charge >= 0.3 is 0 Å². The number of anilines is 1. The van der Waals surface area contributed by atoms with Gasteiger partial charge in [0.2, 0.25) is 0 Å². The number of pyridine rings is 1. The van der Waals surface area contributed by atoms with E-state index < -0.39 is 0 Å². The first-order chi connectivity index (χ1) is 7.36. The molecule has 1 heterocycles. The zero-order valence-electron chi connectivity index (χ0n) is 8.56. The summed E-state index contributed by atoms with van der Waals surface area (Å²) >= 11 is 0. The van der Waals surface area contributed by atoms with Gasteiger partial charge < -0.3 is 4.90 Å². The van der Waals surface area contributed by atoms with Gasteiger partial charge in [0, 0.05) is 18.8 Å². The molecule has 1 aliphatic rings. The van der Waals surface area contributed by atoms with Crippen LogP contribution in [0.3, 0.4) is 0 Å². The molecule has 3 heteroatoms. The summed E-state index contributed by atoms with van der Waals surface area (Å²) in [5.41, 5.74) is 1.63. The van der Waals surface area contributed by atoms with Crippen LogP contribution in [0.1, 0.15) is 18.4 Å². The van der Waals surface area contributed by atoms with Crippen LogP contribution >= 0.6 is 0 Å². The van der Waals surface area contributed by atoms with Gasteiger partial charge in [0.25, 0.3) is 0 Å². The molecule has 1 aromatic rings. The molecule has 15 heavy (non-hydrogen) atoms. The SMILES string of the molecule is C=CCN(c1cnccc1C#N)C1CC1. The number of rotatable bonds is 4. The Bertz CT molecular complexity index is 402. The summed E-state index contributed by atoms with van der Waals surface area (Å²) in [6.45, 7) is 4.53. The van der Waals surface area contributed by atoms with Crippen molar-refractivity contribution in [1.29, 1.82) is 5.26 Å². The van der Waals surface area contributed by atoms with Gasteiger partial charge in [0.1, 0.15) is 6.07 Å². The molecular formula is C12H13N3. The Morgan fingerprint density at radius 1 is 1.67 bits per heavy atom. The van der Waals surface area contributed by atoms with Crippen LogP contribution < -0.4 is 4.90 Å². The lowest BCUT2D eigenvalue weighted by atomic mass is 10.2. The van der Waals surface area contributed by atoms with Gasteiger partial charge in [0.05, 0.1) is 17.4 Å². The average molecular weight is 199 g/mol. The summed E-state index contributed by atoms with van der Waals surface area (Å²) in [6.07, 6.45) is 7.69. The minimum absolute atomic E-state index is 0.569.